The van der Waals surface area contributed by atoms with Crippen LogP contribution in [-0.4, -0.2) is 27.3 Å². The highest BCUT2D eigenvalue weighted by Crippen LogP contribution is 2.46. The average molecular weight is 382 g/mol. The van der Waals surface area contributed by atoms with E-state index in [4.69, 9.17) is 23.4 Å². The summed E-state index contributed by atoms with van der Waals surface area (Å²) in [7, 11) is 4.54. The summed E-state index contributed by atoms with van der Waals surface area (Å²) in [5.74, 6) is 0.592. The molecule has 0 N–H and O–H groups in total. The highest BCUT2D eigenvalue weighted by molar-refractivity contribution is 5.90. The summed E-state index contributed by atoms with van der Waals surface area (Å²) in [4.78, 5) is 25.2. The van der Waals surface area contributed by atoms with Crippen molar-refractivity contribution < 1.29 is 28.2 Å². The molecule has 28 heavy (non-hydrogen) atoms. The second kappa shape index (κ2) is 6.92. The molecular weight excluding hydrogens is 364 g/mol. The summed E-state index contributed by atoms with van der Waals surface area (Å²) in [5, 5.41) is 0.564. The molecular formula is C21H18O7. The van der Waals surface area contributed by atoms with E-state index in [2.05, 4.69) is 0 Å². The number of hydrogen-bond donors (Lipinski definition) is 0. The van der Waals surface area contributed by atoms with E-state index in [1.807, 2.05) is 0 Å². The second-order valence-corrected chi connectivity index (χ2v) is 6.31. The van der Waals surface area contributed by atoms with Crippen molar-refractivity contribution in [2.45, 2.75) is 12.3 Å². The van der Waals surface area contributed by atoms with Crippen molar-refractivity contribution in [1.29, 1.82) is 0 Å². The van der Waals surface area contributed by atoms with Gasteiger partial charge in [0.1, 0.15) is 11.3 Å². The van der Waals surface area contributed by atoms with Gasteiger partial charge in [0, 0.05) is 17.5 Å². The molecule has 1 aromatic heterocycles. The summed E-state index contributed by atoms with van der Waals surface area (Å²) < 4.78 is 27.1. The fourth-order valence-electron chi connectivity index (χ4n) is 3.56. The van der Waals surface area contributed by atoms with Crippen molar-refractivity contribution in [3.63, 3.8) is 0 Å². The van der Waals surface area contributed by atoms with Crippen molar-refractivity contribution in [2.75, 3.05) is 21.3 Å². The largest absolute Gasteiger partial charge is 0.496 e. The molecule has 2 heterocycles. The Hall–Kier alpha value is -3.48. The molecule has 0 saturated heterocycles. The first-order valence-corrected chi connectivity index (χ1v) is 8.63. The molecule has 2 aromatic carbocycles. The Balaban J connectivity index is 2.00. The van der Waals surface area contributed by atoms with Gasteiger partial charge in [-0.3, -0.25) is 4.79 Å². The minimum absolute atomic E-state index is 0.0258. The summed E-state index contributed by atoms with van der Waals surface area (Å²) >= 11 is 0. The Morgan fingerprint density at radius 1 is 0.929 bits per heavy atom. The van der Waals surface area contributed by atoms with Gasteiger partial charge in [-0.2, -0.15) is 0 Å². The zero-order valence-corrected chi connectivity index (χ0v) is 15.6. The molecule has 4 rings (SSSR count). The molecule has 7 nitrogen and oxygen atoms in total. The molecule has 7 heteroatoms. The van der Waals surface area contributed by atoms with Crippen LogP contribution in [0.4, 0.5) is 0 Å². The SMILES string of the molecule is COc1cc(OC)c([C@H]2CC(=O)Oc3c2c(=O)oc2ccccc32)cc1OC. The minimum atomic E-state index is -0.605. The first kappa shape index (κ1) is 17.9. The zero-order chi connectivity index (χ0) is 19.8. The van der Waals surface area contributed by atoms with Crippen molar-refractivity contribution in [2.24, 2.45) is 0 Å². The van der Waals surface area contributed by atoms with E-state index in [1.165, 1.54) is 21.3 Å². The highest BCUT2D eigenvalue weighted by Gasteiger charge is 2.36. The number of para-hydroxylation sites is 1. The third-order valence-corrected chi connectivity index (χ3v) is 4.85. The molecule has 0 fully saturated rings. The maximum Gasteiger partial charge on any atom is 0.343 e. The van der Waals surface area contributed by atoms with Crippen molar-refractivity contribution in [3.8, 4) is 23.0 Å². The Bertz CT molecular complexity index is 1130. The van der Waals surface area contributed by atoms with Gasteiger partial charge in [0.2, 0.25) is 0 Å². The molecule has 0 aliphatic carbocycles. The normalized spacial score (nSPS) is 15.7. The number of fused-ring (bicyclic) bond motifs is 3. The first-order chi connectivity index (χ1) is 13.6. The van der Waals surface area contributed by atoms with Crippen LogP contribution in [0.3, 0.4) is 0 Å². The van der Waals surface area contributed by atoms with Gasteiger partial charge in [-0.15, -0.1) is 0 Å². The van der Waals surface area contributed by atoms with E-state index in [1.54, 1.807) is 36.4 Å². The maximum absolute atomic E-state index is 12.8. The van der Waals surface area contributed by atoms with Crippen LogP contribution >= 0.6 is 0 Å². The number of esters is 1. The molecule has 0 saturated carbocycles. The quantitative estimate of drug-likeness (QED) is 0.506. The molecule has 3 aromatic rings. The lowest BCUT2D eigenvalue weighted by Gasteiger charge is -2.26. The Kier molecular flexibility index (Phi) is 4.43. The molecule has 0 unspecified atom stereocenters. The Labute approximate surface area is 160 Å². The highest BCUT2D eigenvalue weighted by atomic mass is 16.5. The number of rotatable bonds is 4. The van der Waals surface area contributed by atoms with Gasteiger partial charge < -0.3 is 23.4 Å². The minimum Gasteiger partial charge on any atom is -0.496 e. The van der Waals surface area contributed by atoms with Crippen LogP contribution in [0.2, 0.25) is 0 Å². The summed E-state index contributed by atoms with van der Waals surface area (Å²) in [6.07, 6.45) is -0.0258. The van der Waals surface area contributed by atoms with Crippen LogP contribution in [0.5, 0.6) is 23.0 Å². The summed E-state index contributed by atoms with van der Waals surface area (Å²) in [6, 6.07) is 10.3. The summed E-state index contributed by atoms with van der Waals surface area (Å²) in [6.45, 7) is 0. The van der Waals surface area contributed by atoms with E-state index >= 15 is 0 Å². The molecule has 1 aliphatic rings. The number of ether oxygens (including phenoxy) is 4. The van der Waals surface area contributed by atoms with Crippen LogP contribution in [0.25, 0.3) is 11.0 Å². The van der Waals surface area contributed by atoms with E-state index in [9.17, 15) is 9.59 Å². The zero-order valence-electron chi connectivity index (χ0n) is 15.6. The predicted molar refractivity (Wildman–Crippen MR) is 101 cm³/mol. The fraction of sp³-hybridized carbons (Fsp3) is 0.238. The van der Waals surface area contributed by atoms with Crippen molar-refractivity contribution in [1.82, 2.24) is 0 Å². The lowest BCUT2D eigenvalue weighted by molar-refractivity contribution is -0.135. The molecule has 0 bridgehead atoms. The third kappa shape index (κ3) is 2.76. The summed E-state index contributed by atoms with van der Waals surface area (Å²) in [5.41, 5.74) is 0.700. The first-order valence-electron chi connectivity index (χ1n) is 8.63. The van der Waals surface area contributed by atoms with E-state index in [0.717, 1.165) is 0 Å². The molecule has 0 radical (unpaired) electrons. The van der Waals surface area contributed by atoms with Gasteiger partial charge in [0.15, 0.2) is 17.2 Å². The standard InChI is InChI=1S/C21H18O7/c1-24-15-10-17(26-3)16(25-2)8-12(15)13-9-18(22)28-20-11-6-4-5-7-14(11)27-21(23)19(13)20/h4-8,10,13H,9H2,1-3H3/t13-/m1/s1. The second-order valence-electron chi connectivity index (χ2n) is 6.31. The van der Waals surface area contributed by atoms with Crippen LogP contribution in [0, 0.1) is 0 Å². The molecule has 0 spiro atoms. The Morgan fingerprint density at radius 2 is 1.61 bits per heavy atom. The molecule has 1 atom stereocenters. The molecule has 1 aliphatic heterocycles. The monoisotopic (exact) mass is 382 g/mol. The number of methoxy groups -OCH3 is 3. The smallest absolute Gasteiger partial charge is 0.343 e. The third-order valence-electron chi connectivity index (χ3n) is 4.85. The van der Waals surface area contributed by atoms with E-state index < -0.39 is 17.5 Å². The molecule has 144 valence electrons. The number of benzene rings is 2. The fourth-order valence-corrected chi connectivity index (χ4v) is 3.56. The Morgan fingerprint density at radius 3 is 2.32 bits per heavy atom. The predicted octanol–water partition coefficient (Wildman–Crippen LogP) is 3.26. The maximum atomic E-state index is 12.8. The lowest BCUT2D eigenvalue weighted by atomic mass is 9.86. The van der Waals surface area contributed by atoms with E-state index in [-0.39, 0.29) is 17.7 Å². The van der Waals surface area contributed by atoms with Gasteiger partial charge in [-0.1, -0.05) is 12.1 Å². The van der Waals surface area contributed by atoms with Crippen LogP contribution in [0.15, 0.2) is 45.6 Å². The van der Waals surface area contributed by atoms with Crippen LogP contribution < -0.4 is 24.6 Å². The van der Waals surface area contributed by atoms with Gasteiger partial charge >= 0.3 is 11.6 Å². The molecule has 0 amide bonds. The van der Waals surface area contributed by atoms with Crippen molar-refractivity contribution >= 4 is 16.9 Å². The average Bonchev–Trinajstić information content (AvgIpc) is 2.72. The lowest BCUT2D eigenvalue weighted by Crippen LogP contribution is -2.27. The van der Waals surface area contributed by atoms with Crippen LogP contribution in [0.1, 0.15) is 23.5 Å². The number of carbonyl (C=O) groups excluding carboxylic acids is 1. The topological polar surface area (TPSA) is 84.2 Å². The van der Waals surface area contributed by atoms with Gasteiger partial charge in [-0.25, -0.2) is 4.79 Å². The van der Waals surface area contributed by atoms with E-state index in [0.29, 0.717) is 33.8 Å². The van der Waals surface area contributed by atoms with Gasteiger partial charge in [0.05, 0.1) is 38.7 Å². The number of carbonyl (C=O) groups is 1. The van der Waals surface area contributed by atoms with Gasteiger partial charge in [-0.05, 0) is 18.2 Å². The number of hydrogen-bond acceptors (Lipinski definition) is 7. The van der Waals surface area contributed by atoms with Crippen LogP contribution in [-0.2, 0) is 4.79 Å². The van der Waals surface area contributed by atoms with Gasteiger partial charge in [0.25, 0.3) is 0 Å². The van der Waals surface area contributed by atoms with Crippen molar-refractivity contribution in [3.05, 3.63) is 57.9 Å².